The first-order valence-electron chi connectivity index (χ1n) is 6.64. The third-order valence-electron chi connectivity index (χ3n) is 3.22. The molecule has 0 unspecified atom stereocenters. The molecular formula is C13H17N5OS. The Kier molecular flexibility index (Phi) is 5.18. The van der Waals surface area contributed by atoms with Gasteiger partial charge in [0.2, 0.25) is 5.91 Å². The summed E-state index contributed by atoms with van der Waals surface area (Å²) in [6.45, 7) is 0. The maximum Gasteiger partial charge on any atom is 0.230 e. The second kappa shape index (κ2) is 7.10. The molecule has 1 heterocycles. The average molecular weight is 291 g/mol. The molecule has 1 aromatic rings. The topological polar surface area (TPSA) is 105 Å². The van der Waals surface area contributed by atoms with Crippen LogP contribution >= 0.6 is 11.8 Å². The van der Waals surface area contributed by atoms with Crippen molar-refractivity contribution in [2.45, 2.75) is 43.3 Å². The number of nitriles is 1. The lowest BCUT2D eigenvalue weighted by atomic mass is 9.95. The van der Waals surface area contributed by atoms with Crippen molar-refractivity contribution in [1.29, 1.82) is 5.26 Å². The Labute approximate surface area is 122 Å². The molecule has 0 bridgehead atoms. The molecule has 7 heteroatoms. The smallest absolute Gasteiger partial charge is 0.230 e. The van der Waals surface area contributed by atoms with Gasteiger partial charge in [-0.1, -0.05) is 31.0 Å². The van der Waals surface area contributed by atoms with E-state index in [2.05, 4.69) is 15.3 Å². The van der Waals surface area contributed by atoms with E-state index in [0.29, 0.717) is 11.2 Å². The largest absolute Gasteiger partial charge is 0.382 e. The van der Waals surface area contributed by atoms with Crippen molar-refractivity contribution in [2.75, 3.05) is 11.5 Å². The van der Waals surface area contributed by atoms with Crippen LogP contribution in [0.25, 0.3) is 0 Å². The number of carbonyl (C=O) groups is 1. The minimum atomic E-state index is -0.00608. The van der Waals surface area contributed by atoms with E-state index in [0.717, 1.165) is 12.8 Å². The fourth-order valence-corrected chi connectivity index (χ4v) is 2.81. The van der Waals surface area contributed by atoms with Crippen LogP contribution in [0.1, 0.15) is 37.7 Å². The van der Waals surface area contributed by atoms with Crippen molar-refractivity contribution in [1.82, 2.24) is 15.3 Å². The van der Waals surface area contributed by atoms with Gasteiger partial charge < -0.3 is 11.1 Å². The monoisotopic (exact) mass is 291 g/mol. The molecule has 1 amide bonds. The molecule has 3 N–H and O–H groups in total. The van der Waals surface area contributed by atoms with E-state index in [4.69, 9.17) is 11.0 Å². The Morgan fingerprint density at radius 2 is 2.25 bits per heavy atom. The number of rotatable bonds is 4. The van der Waals surface area contributed by atoms with Crippen molar-refractivity contribution < 1.29 is 4.79 Å². The SMILES string of the molecule is N#Cc1cnc(SCC(=O)NC2CCCCC2)nc1N. The number of hydrogen-bond acceptors (Lipinski definition) is 6. The molecule has 1 aliphatic rings. The van der Waals surface area contributed by atoms with E-state index in [9.17, 15) is 4.79 Å². The van der Waals surface area contributed by atoms with Gasteiger partial charge in [0, 0.05) is 6.04 Å². The highest BCUT2D eigenvalue weighted by atomic mass is 32.2. The molecule has 20 heavy (non-hydrogen) atoms. The van der Waals surface area contributed by atoms with Crippen molar-refractivity contribution >= 4 is 23.5 Å². The van der Waals surface area contributed by atoms with E-state index in [1.807, 2.05) is 6.07 Å². The molecule has 1 fully saturated rings. The average Bonchev–Trinajstić information content (AvgIpc) is 2.46. The minimum Gasteiger partial charge on any atom is -0.382 e. The number of aromatic nitrogens is 2. The van der Waals surface area contributed by atoms with Crippen LogP contribution in [-0.4, -0.2) is 27.7 Å². The molecule has 2 rings (SSSR count). The van der Waals surface area contributed by atoms with Gasteiger partial charge in [0.05, 0.1) is 11.9 Å². The van der Waals surface area contributed by atoms with E-state index >= 15 is 0 Å². The maximum atomic E-state index is 11.8. The van der Waals surface area contributed by atoms with Crippen molar-refractivity contribution in [2.24, 2.45) is 0 Å². The highest BCUT2D eigenvalue weighted by molar-refractivity contribution is 7.99. The molecule has 0 atom stereocenters. The Hall–Kier alpha value is -1.81. The summed E-state index contributed by atoms with van der Waals surface area (Å²) >= 11 is 1.23. The van der Waals surface area contributed by atoms with Crippen molar-refractivity contribution in [3.63, 3.8) is 0 Å². The number of nitrogens with two attached hydrogens (primary N) is 1. The van der Waals surface area contributed by atoms with E-state index < -0.39 is 0 Å². The number of nitrogen functional groups attached to an aromatic ring is 1. The number of anilines is 1. The number of carbonyl (C=O) groups excluding carboxylic acids is 1. The number of amides is 1. The van der Waals surface area contributed by atoms with Crippen LogP contribution in [0.5, 0.6) is 0 Å². The molecule has 6 nitrogen and oxygen atoms in total. The van der Waals surface area contributed by atoms with Gasteiger partial charge in [-0.15, -0.1) is 0 Å². The first-order chi connectivity index (χ1) is 9.69. The normalized spacial score (nSPS) is 15.6. The Bertz CT molecular complexity index is 522. The van der Waals surface area contributed by atoms with Crippen LogP contribution in [0.15, 0.2) is 11.4 Å². The zero-order valence-electron chi connectivity index (χ0n) is 11.1. The van der Waals surface area contributed by atoms with Gasteiger partial charge in [-0.25, -0.2) is 9.97 Å². The fourth-order valence-electron chi connectivity index (χ4n) is 2.18. The van der Waals surface area contributed by atoms with Gasteiger partial charge >= 0.3 is 0 Å². The standard InChI is InChI=1S/C13H17N5OS/c14-6-9-7-16-13(18-12(9)15)20-8-11(19)17-10-4-2-1-3-5-10/h7,10H,1-5,8H2,(H,17,19)(H2,15,16,18). The Morgan fingerprint density at radius 1 is 1.50 bits per heavy atom. The Balaban J connectivity index is 1.81. The summed E-state index contributed by atoms with van der Waals surface area (Å²) in [6.07, 6.45) is 7.15. The van der Waals surface area contributed by atoms with Gasteiger partial charge in [0.1, 0.15) is 17.5 Å². The highest BCUT2D eigenvalue weighted by Crippen LogP contribution is 2.18. The number of nitrogens with zero attached hydrogens (tertiary/aromatic N) is 3. The lowest BCUT2D eigenvalue weighted by Gasteiger charge is -2.22. The summed E-state index contributed by atoms with van der Waals surface area (Å²) < 4.78 is 0. The van der Waals surface area contributed by atoms with Gasteiger partial charge in [0.15, 0.2) is 5.16 Å². The summed E-state index contributed by atoms with van der Waals surface area (Å²) in [4.78, 5) is 19.8. The summed E-state index contributed by atoms with van der Waals surface area (Å²) in [5, 5.41) is 12.2. The molecule has 0 radical (unpaired) electrons. The van der Waals surface area contributed by atoms with E-state index in [1.165, 1.54) is 37.2 Å². The van der Waals surface area contributed by atoms with Gasteiger partial charge in [-0.3, -0.25) is 4.79 Å². The van der Waals surface area contributed by atoms with Crippen molar-refractivity contribution in [3.05, 3.63) is 11.8 Å². The van der Waals surface area contributed by atoms with Gasteiger partial charge in [-0.05, 0) is 12.8 Å². The predicted molar refractivity (Wildman–Crippen MR) is 76.9 cm³/mol. The maximum absolute atomic E-state index is 11.8. The zero-order chi connectivity index (χ0) is 14.4. The van der Waals surface area contributed by atoms with E-state index in [-0.39, 0.29) is 23.0 Å². The van der Waals surface area contributed by atoms with Crippen LogP contribution in [-0.2, 0) is 4.79 Å². The van der Waals surface area contributed by atoms with Crippen LogP contribution < -0.4 is 11.1 Å². The molecular weight excluding hydrogens is 274 g/mol. The molecule has 1 aromatic heterocycles. The first-order valence-corrected chi connectivity index (χ1v) is 7.62. The molecule has 0 aliphatic heterocycles. The second-order valence-electron chi connectivity index (χ2n) is 4.75. The summed E-state index contributed by atoms with van der Waals surface area (Å²) in [5.41, 5.74) is 5.85. The summed E-state index contributed by atoms with van der Waals surface area (Å²) in [5.74, 6) is 0.410. The third kappa shape index (κ3) is 4.10. The first kappa shape index (κ1) is 14.6. The van der Waals surface area contributed by atoms with Crippen LogP contribution in [0.4, 0.5) is 5.82 Å². The quantitative estimate of drug-likeness (QED) is 0.643. The Morgan fingerprint density at radius 3 is 2.90 bits per heavy atom. The molecule has 0 aromatic carbocycles. The fraction of sp³-hybridized carbons (Fsp3) is 0.538. The summed E-state index contributed by atoms with van der Waals surface area (Å²) in [6, 6.07) is 2.21. The second-order valence-corrected chi connectivity index (χ2v) is 5.70. The zero-order valence-corrected chi connectivity index (χ0v) is 11.9. The molecule has 1 aliphatic carbocycles. The van der Waals surface area contributed by atoms with Gasteiger partial charge in [0.25, 0.3) is 0 Å². The summed E-state index contributed by atoms with van der Waals surface area (Å²) in [7, 11) is 0. The van der Waals surface area contributed by atoms with Crippen LogP contribution in [0.3, 0.4) is 0 Å². The molecule has 106 valence electrons. The lowest BCUT2D eigenvalue weighted by Crippen LogP contribution is -2.37. The molecule has 0 saturated heterocycles. The highest BCUT2D eigenvalue weighted by Gasteiger charge is 2.16. The minimum absolute atomic E-state index is 0.00608. The molecule has 1 saturated carbocycles. The van der Waals surface area contributed by atoms with Crippen LogP contribution in [0.2, 0.25) is 0 Å². The van der Waals surface area contributed by atoms with Crippen molar-refractivity contribution in [3.8, 4) is 6.07 Å². The van der Waals surface area contributed by atoms with Gasteiger partial charge in [-0.2, -0.15) is 5.26 Å². The molecule has 0 spiro atoms. The van der Waals surface area contributed by atoms with Crippen LogP contribution in [0, 0.1) is 11.3 Å². The predicted octanol–water partition coefficient (Wildman–Crippen LogP) is 1.47. The number of nitrogens with one attached hydrogen (secondary N) is 1. The van der Waals surface area contributed by atoms with E-state index in [1.54, 1.807) is 0 Å². The number of thioether (sulfide) groups is 1. The number of hydrogen-bond donors (Lipinski definition) is 2. The lowest BCUT2D eigenvalue weighted by molar-refractivity contribution is -0.119. The third-order valence-corrected chi connectivity index (χ3v) is 4.08.